The number of rotatable bonds is 7. The van der Waals surface area contributed by atoms with Crippen molar-refractivity contribution in [1.82, 2.24) is 5.32 Å². The van der Waals surface area contributed by atoms with Crippen LogP contribution in [0.5, 0.6) is 0 Å². The highest BCUT2D eigenvalue weighted by atomic mass is 16.6. The maximum Gasteiger partial charge on any atom is 0.338 e. The Morgan fingerprint density at radius 2 is 1.88 bits per heavy atom. The Kier molecular flexibility index (Phi) is 6.02. The zero-order valence-corrected chi connectivity index (χ0v) is 16.0. The van der Waals surface area contributed by atoms with Gasteiger partial charge in [-0.25, -0.2) is 4.79 Å². The molecule has 0 saturated heterocycles. The fourth-order valence-electron chi connectivity index (χ4n) is 4.33. The lowest BCUT2D eigenvalue weighted by Gasteiger charge is -2.31. The van der Waals surface area contributed by atoms with Crippen molar-refractivity contribution in [2.24, 2.45) is 5.92 Å². The molecule has 1 aromatic carbocycles. The van der Waals surface area contributed by atoms with Crippen molar-refractivity contribution in [2.45, 2.75) is 70.4 Å². The highest BCUT2D eigenvalue weighted by molar-refractivity contribution is 5.93. The summed E-state index contributed by atoms with van der Waals surface area (Å²) in [6, 6.07) is 10.2. The van der Waals surface area contributed by atoms with Gasteiger partial charge in [0.1, 0.15) is 5.76 Å². The van der Waals surface area contributed by atoms with Crippen LogP contribution >= 0.6 is 0 Å². The van der Waals surface area contributed by atoms with Crippen LogP contribution in [0.3, 0.4) is 0 Å². The van der Waals surface area contributed by atoms with Gasteiger partial charge >= 0.3 is 5.97 Å². The zero-order valence-electron chi connectivity index (χ0n) is 16.0. The molecule has 2 N–H and O–H groups in total. The van der Waals surface area contributed by atoms with Gasteiger partial charge in [0.05, 0.1) is 5.57 Å². The van der Waals surface area contributed by atoms with Crippen LogP contribution in [0.25, 0.3) is 0 Å². The summed E-state index contributed by atoms with van der Waals surface area (Å²) in [5.41, 5.74) is 0.836. The van der Waals surface area contributed by atoms with Crippen molar-refractivity contribution in [3.05, 3.63) is 47.2 Å². The van der Waals surface area contributed by atoms with Gasteiger partial charge in [-0.05, 0) is 44.2 Å². The molecular weight excluding hydrogens is 326 g/mol. The third-order valence-electron chi connectivity index (χ3n) is 5.86. The van der Waals surface area contributed by atoms with E-state index in [1.54, 1.807) is 0 Å². The standard InChI is InChI=1S/C22H31NO3/c1-3-4-15-23-19(17-11-7-5-8-12-17)16(2)18-20(24)22(26-21(18)25)13-9-6-10-14-22/h5,7-8,11-12,16,19,23-24H,3-4,6,9-10,13-15H2,1-2H3/t16-,19+/m1/s1. The van der Waals surface area contributed by atoms with E-state index in [9.17, 15) is 9.90 Å². The molecule has 26 heavy (non-hydrogen) atoms. The van der Waals surface area contributed by atoms with Crippen LogP contribution in [0.15, 0.2) is 41.7 Å². The lowest BCUT2D eigenvalue weighted by Crippen LogP contribution is -2.34. The van der Waals surface area contributed by atoms with Crippen LogP contribution in [-0.2, 0) is 9.53 Å². The molecule has 0 amide bonds. The number of ether oxygens (including phenoxy) is 1. The molecule has 0 bridgehead atoms. The first-order chi connectivity index (χ1) is 12.6. The van der Waals surface area contributed by atoms with Gasteiger partial charge in [-0.2, -0.15) is 0 Å². The number of aliphatic hydroxyl groups is 1. The summed E-state index contributed by atoms with van der Waals surface area (Å²) in [5, 5.41) is 14.6. The molecule has 1 aliphatic heterocycles. The quantitative estimate of drug-likeness (QED) is 0.542. The lowest BCUT2D eigenvalue weighted by molar-refractivity contribution is -0.151. The minimum absolute atomic E-state index is 0.0220. The van der Waals surface area contributed by atoms with Crippen molar-refractivity contribution in [3.63, 3.8) is 0 Å². The first-order valence-corrected chi connectivity index (χ1v) is 10.0. The third-order valence-corrected chi connectivity index (χ3v) is 5.86. The molecule has 1 spiro atoms. The Hall–Kier alpha value is -1.81. The van der Waals surface area contributed by atoms with Crippen LogP contribution in [0.2, 0.25) is 0 Å². The fourth-order valence-corrected chi connectivity index (χ4v) is 4.33. The molecule has 1 aromatic rings. The molecule has 1 saturated carbocycles. The Labute approximate surface area is 156 Å². The number of carbonyl (C=O) groups excluding carboxylic acids is 1. The molecule has 1 aliphatic carbocycles. The molecule has 2 aliphatic rings. The number of benzene rings is 1. The summed E-state index contributed by atoms with van der Waals surface area (Å²) in [6.45, 7) is 5.07. The van der Waals surface area contributed by atoms with E-state index in [-0.39, 0.29) is 23.7 Å². The van der Waals surface area contributed by atoms with Crippen molar-refractivity contribution in [1.29, 1.82) is 0 Å². The molecule has 0 radical (unpaired) electrons. The molecular formula is C22H31NO3. The number of hydrogen-bond acceptors (Lipinski definition) is 4. The monoisotopic (exact) mass is 357 g/mol. The lowest BCUT2D eigenvalue weighted by atomic mass is 9.80. The van der Waals surface area contributed by atoms with E-state index in [0.717, 1.165) is 57.1 Å². The van der Waals surface area contributed by atoms with Crippen molar-refractivity contribution >= 4 is 5.97 Å². The van der Waals surface area contributed by atoms with E-state index < -0.39 is 5.60 Å². The molecule has 0 unspecified atom stereocenters. The number of nitrogens with one attached hydrogen (secondary N) is 1. The number of hydrogen-bond donors (Lipinski definition) is 2. The van der Waals surface area contributed by atoms with Crippen molar-refractivity contribution in [3.8, 4) is 0 Å². The summed E-state index contributed by atoms with van der Waals surface area (Å²) in [5.74, 6) is -0.300. The normalized spacial score (nSPS) is 21.7. The third kappa shape index (κ3) is 3.66. The molecule has 1 heterocycles. The van der Waals surface area contributed by atoms with E-state index in [1.807, 2.05) is 25.1 Å². The van der Waals surface area contributed by atoms with E-state index in [0.29, 0.717) is 5.57 Å². The van der Waals surface area contributed by atoms with Crippen LogP contribution < -0.4 is 5.32 Å². The second kappa shape index (κ2) is 8.26. The first kappa shape index (κ1) is 19.0. The van der Waals surface area contributed by atoms with Crippen LogP contribution in [0, 0.1) is 5.92 Å². The maximum atomic E-state index is 12.7. The van der Waals surface area contributed by atoms with Crippen LogP contribution in [0.1, 0.15) is 70.4 Å². The number of carbonyl (C=O) groups is 1. The highest BCUT2D eigenvalue weighted by Crippen LogP contribution is 2.46. The predicted molar refractivity (Wildman–Crippen MR) is 103 cm³/mol. The molecule has 2 atom stereocenters. The Morgan fingerprint density at radius 3 is 2.54 bits per heavy atom. The van der Waals surface area contributed by atoms with Gasteiger partial charge in [0.25, 0.3) is 0 Å². The van der Waals surface area contributed by atoms with E-state index >= 15 is 0 Å². The second-order valence-electron chi connectivity index (χ2n) is 7.69. The predicted octanol–water partition coefficient (Wildman–Crippen LogP) is 4.83. The van der Waals surface area contributed by atoms with Gasteiger partial charge in [0, 0.05) is 12.0 Å². The SMILES string of the molecule is CCCCN[C@H](c1ccccc1)[C@H](C)C1=C(O)C2(CCCCC2)OC1=O. The summed E-state index contributed by atoms with van der Waals surface area (Å²) in [4.78, 5) is 12.7. The second-order valence-corrected chi connectivity index (χ2v) is 7.69. The average Bonchev–Trinajstić information content (AvgIpc) is 2.89. The maximum absolute atomic E-state index is 12.7. The number of esters is 1. The summed E-state index contributed by atoms with van der Waals surface area (Å²) < 4.78 is 5.76. The largest absolute Gasteiger partial charge is 0.507 e. The van der Waals surface area contributed by atoms with E-state index in [4.69, 9.17) is 4.74 Å². The highest BCUT2D eigenvalue weighted by Gasteiger charge is 2.50. The van der Waals surface area contributed by atoms with Gasteiger partial charge in [-0.1, -0.05) is 57.0 Å². The minimum Gasteiger partial charge on any atom is -0.507 e. The van der Waals surface area contributed by atoms with Gasteiger partial charge in [0.15, 0.2) is 5.60 Å². The zero-order chi connectivity index (χ0) is 18.6. The molecule has 0 aromatic heterocycles. The minimum atomic E-state index is -0.760. The van der Waals surface area contributed by atoms with Gasteiger partial charge < -0.3 is 15.2 Å². The Bertz CT molecular complexity index is 647. The van der Waals surface area contributed by atoms with Gasteiger partial charge in [-0.15, -0.1) is 0 Å². The van der Waals surface area contributed by atoms with E-state index in [1.165, 1.54) is 0 Å². The molecule has 4 heteroatoms. The number of aliphatic hydroxyl groups excluding tert-OH is 1. The molecule has 1 fully saturated rings. The van der Waals surface area contributed by atoms with Crippen LogP contribution in [-0.4, -0.2) is 23.2 Å². The van der Waals surface area contributed by atoms with Gasteiger partial charge in [0.2, 0.25) is 0 Å². The average molecular weight is 357 g/mol. The van der Waals surface area contributed by atoms with E-state index in [2.05, 4.69) is 24.4 Å². The van der Waals surface area contributed by atoms with Crippen molar-refractivity contribution < 1.29 is 14.6 Å². The van der Waals surface area contributed by atoms with Crippen LogP contribution in [0.4, 0.5) is 0 Å². The Morgan fingerprint density at radius 1 is 1.19 bits per heavy atom. The summed E-state index contributed by atoms with van der Waals surface area (Å²) in [6.07, 6.45) is 6.80. The van der Waals surface area contributed by atoms with Crippen molar-refractivity contribution in [2.75, 3.05) is 6.54 Å². The first-order valence-electron chi connectivity index (χ1n) is 10.0. The molecule has 142 valence electrons. The number of unbranched alkanes of at least 4 members (excludes halogenated alkanes) is 1. The molecule has 3 rings (SSSR count). The summed E-state index contributed by atoms with van der Waals surface area (Å²) in [7, 11) is 0. The van der Waals surface area contributed by atoms with Gasteiger partial charge in [-0.3, -0.25) is 0 Å². The smallest absolute Gasteiger partial charge is 0.338 e. The topological polar surface area (TPSA) is 58.6 Å². The molecule has 4 nitrogen and oxygen atoms in total. The fraction of sp³-hybridized carbons (Fsp3) is 0.591. The Balaban J connectivity index is 1.89. The summed E-state index contributed by atoms with van der Waals surface area (Å²) >= 11 is 0.